The Morgan fingerprint density at radius 3 is 2.70 bits per heavy atom. The number of hydrogen-bond acceptors (Lipinski definition) is 8. The summed E-state index contributed by atoms with van der Waals surface area (Å²) in [6, 6.07) is 0. The number of aliphatic hydroxyl groups is 1. The predicted octanol–water partition coefficient (Wildman–Crippen LogP) is 1.80. The van der Waals surface area contributed by atoms with Gasteiger partial charge in [0.2, 0.25) is 5.78 Å². The summed E-state index contributed by atoms with van der Waals surface area (Å²) in [7, 11) is 0. The van der Waals surface area contributed by atoms with Crippen molar-refractivity contribution in [3.8, 4) is 0 Å². The molecule has 0 aromatic heterocycles. The minimum Gasteiger partial charge on any atom is -0.479 e. The molecule has 2 bridgehead atoms. The van der Waals surface area contributed by atoms with Crippen LogP contribution in [0.25, 0.3) is 0 Å². The summed E-state index contributed by atoms with van der Waals surface area (Å²) in [4.78, 5) is 37.2. The molecule has 30 heavy (non-hydrogen) atoms. The highest BCUT2D eigenvalue weighted by atomic mass is 16.7. The molecular weight excluding hydrogens is 392 g/mol. The van der Waals surface area contributed by atoms with E-state index in [4.69, 9.17) is 18.9 Å². The number of rotatable bonds is 4. The van der Waals surface area contributed by atoms with Crippen LogP contribution in [0.3, 0.4) is 0 Å². The molecule has 4 rings (SSSR count). The molecule has 4 aliphatic rings. The van der Waals surface area contributed by atoms with Gasteiger partial charge in [0, 0.05) is 36.8 Å². The number of ether oxygens (including phenoxy) is 4. The lowest BCUT2D eigenvalue weighted by atomic mass is 9.66. The van der Waals surface area contributed by atoms with Gasteiger partial charge in [-0.3, -0.25) is 14.4 Å². The quantitative estimate of drug-likeness (QED) is 0.686. The maximum absolute atomic E-state index is 13.1. The molecule has 1 N–H and O–H groups in total. The molecule has 7 atom stereocenters. The molecule has 0 aromatic carbocycles. The summed E-state index contributed by atoms with van der Waals surface area (Å²) in [6.07, 6.45) is 2.44. The number of ketones is 1. The maximum atomic E-state index is 13.1. The van der Waals surface area contributed by atoms with Gasteiger partial charge in [-0.15, -0.1) is 0 Å². The Bertz CT molecular complexity index is 874. The third-order valence-corrected chi connectivity index (χ3v) is 7.27. The van der Waals surface area contributed by atoms with Crippen LogP contribution in [0.2, 0.25) is 0 Å². The van der Waals surface area contributed by atoms with Crippen molar-refractivity contribution in [3.05, 3.63) is 23.5 Å². The molecule has 4 heterocycles. The van der Waals surface area contributed by atoms with Gasteiger partial charge in [-0.05, 0) is 26.3 Å². The van der Waals surface area contributed by atoms with Crippen molar-refractivity contribution < 1.29 is 38.4 Å². The van der Waals surface area contributed by atoms with Gasteiger partial charge in [0.25, 0.3) is 0 Å². The average Bonchev–Trinajstić information content (AvgIpc) is 3.20. The molecule has 0 aliphatic carbocycles. The van der Waals surface area contributed by atoms with Crippen LogP contribution >= 0.6 is 0 Å². The molecule has 8 heteroatoms. The van der Waals surface area contributed by atoms with Gasteiger partial charge in [-0.2, -0.15) is 0 Å². The SMILES string of the molecule is CCC(C)C1(O)OC2CC3(C)OC(=CC3=O)C(COC(C)=O)=CC3OC(=O)C1(C)C32. The van der Waals surface area contributed by atoms with Gasteiger partial charge < -0.3 is 24.1 Å². The van der Waals surface area contributed by atoms with Crippen molar-refractivity contribution in [3.63, 3.8) is 0 Å². The molecular formula is C22H28O8. The maximum Gasteiger partial charge on any atom is 0.318 e. The van der Waals surface area contributed by atoms with E-state index in [0.29, 0.717) is 17.8 Å². The Labute approximate surface area is 175 Å². The molecule has 4 aliphatic heterocycles. The fourth-order valence-electron chi connectivity index (χ4n) is 5.25. The Morgan fingerprint density at radius 1 is 1.37 bits per heavy atom. The third kappa shape index (κ3) is 2.69. The number of carbonyl (C=O) groups is 3. The zero-order valence-corrected chi connectivity index (χ0v) is 17.9. The predicted molar refractivity (Wildman–Crippen MR) is 103 cm³/mol. The van der Waals surface area contributed by atoms with Crippen LogP contribution in [0, 0.1) is 17.3 Å². The van der Waals surface area contributed by atoms with Crippen LogP contribution in [0.5, 0.6) is 0 Å². The molecule has 0 aromatic rings. The van der Waals surface area contributed by atoms with Gasteiger partial charge >= 0.3 is 11.9 Å². The van der Waals surface area contributed by atoms with E-state index in [1.807, 2.05) is 13.8 Å². The minimum absolute atomic E-state index is 0.122. The van der Waals surface area contributed by atoms with Crippen molar-refractivity contribution in [1.29, 1.82) is 0 Å². The normalized spacial score (nSPS) is 42.8. The summed E-state index contributed by atoms with van der Waals surface area (Å²) in [5.74, 6) is -3.56. The zero-order valence-electron chi connectivity index (χ0n) is 17.9. The number of fused-ring (bicyclic) bond motifs is 2. The van der Waals surface area contributed by atoms with Crippen molar-refractivity contribution in [2.75, 3.05) is 6.61 Å². The summed E-state index contributed by atoms with van der Waals surface area (Å²) in [5, 5.41) is 11.6. The van der Waals surface area contributed by atoms with E-state index in [-0.39, 0.29) is 24.7 Å². The first-order chi connectivity index (χ1) is 14.0. The highest BCUT2D eigenvalue weighted by Gasteiger charge is 2.75. The van der Waals surface area contributed by atoms with E-state index in [9.17, 15) is 19.5 Å². The molecule has 8 nitrogen and oxygen atoms in total. The van der Waals surface area contributed by atoms with Crippen molar-refractivity contribution in [1.82, 2.24) is 0 Å². The molecule has 164 valence electrons. The lowest BCUT2D eigenvalue weighted by Gasteiger charge is -2.38. The Kier molecular flexibility index (Phi) is 4.67. The standard InChI is InChI=1S/C22H28O8/c1-6-11(2)22(26)21(5)18-15(28-19(21)25)7-13(10-27-12(3)23)14-8-17(24)20(4,29-14)9-16(18)30-22/h7-8,11,15-16,18,26H,6,9-10H2,1-5H3. The Morgan fingerprint density at radius 2 is 2.07 bits per heavy atom. The van der Waals surface area contributed by atoms with E-state index in [1.54, 1.807) is 19.9 Å². The third-order valence-electron chi connectivity index (χ3n) is 7.27. The van der Waals surface area contributed by atoms with Crippen LogP contribution in [0.1, 0.15) is 47.5 Å². The van der Waals surface area contributed by atoms with Crippen molar-refractivity contribution >= 4 is 17.7 Å². The highest BCUT2D eigenvalue weighted by Crippen LogP contribution is 2.61. The van der Waals surface area contributed by atoms with Gasteiger partial charge in [0.05, 0.1) is 6.10 Å². The first kappa shape index (κ1) is 21.1. The largest absolute Gasteiger partial charge is 0.479 e. The van der Waals surface area contributed by atoms with Gasteiger partial charge in [-0.25, -0.2) is 0 Å². The van der Waals surface area contributed by atoms with Crippen molar-refractivity contribution in [2.24, 2.45) is 17.3 Å². The first-order valence-electron chi connectivity index (χ1n) is 10.4. The van der Waals surface area contributed by atoms with E-state index in [2.05, 4.69) is 0 Å². The summed E-state index contributed by atoms with van der Waals surface area (Å²) < 4.78 is 23.1. The highest BCUT2D eigenvalue weighted by molar-refractivity contribution is 6.00. The lowest BCUT2D eigenvalue weighted by Crippen LogP contribution is -2.53. The fraction of sp³-hybridized carbons (Fsp3) is 0.682. The summed E-state index contributed by atoms with van der Waals surface area (Å²) in [6.45, 7) is 8.25. The van der Waals surface area contributed by atoms with Crippen LogP contribution in [0.15, 0.2) is 23.5 Å². The Balaban J connectivity index is 1.84. The van der Waals surface area contributed by atoms with Crippen molar-refractivity contribution in [2.45, 2.75) is 71.1 Å². The second-order valence-corrected chi connectivity index (χ2v) is 9.14. The second-order valence-electron chi connectivity index (χ2n) is 9.14. The first-order valence-corrected chi connectivity index (χ1v) is 10.4. The molecule has 7 unspecified atom stereocenters. The molecule has 2 fully saturated rings. The summed E-state index contributed by atoms with van der Waals surface area (Å²) >= 11 is 0. The van der Waals surface area contributed by atoms with E-state index in [1.165, 1.54) is 13.0 Å². The Hall–Kier alpha value is -2.19. The van der Waals surface area contributed by atoms with Crippen LogP contribution in [-0.4, -0.2) is 53.0 Å². The molecule has 0 spiro atoms. The molecule has 0 saturated carbocycles. The zero-order chi connectivity index (χ0) is 22.1. The van der Waals surface area contributed by atoms with Crippen LogP contribution in [-0.2, 0) is 33.3 Å². The molecule has 0 amide bonds. The average molecular weight is 420 g/mol. The minimum atomic E-state index is -1.74. The van der Waals surface area contributed by atoms with Crippen LogP contribution in [0.4, 0.5) is 0 Å². The monoisotopic (exact) mass is 420 g/mol. The van der Waals surface area contributed by atoms with Gasteiger partial charge in [0.15, 0.2) is 11.4 Å². The number of esters is 2. The fourth-order valence-corrected chi connectivity index (χ4v) is 5.25. The number of carbonyl (C=O) groups excluding carboxylic acids is 3. The van der Waals surface area contributed by atoms with E-state index in [0.717, 1.165) is 0 Å². The lowest BCUT2D eigenvalue weighted by molar-refractivity contribution is -0.267. The second kappa shape index (κ2) is 6.65. The topological polar surface area (TPSA) is 108 Å². The van der Waals surface area contributed by atoms with Crippen LogP contribution < -0.4 is 0 Å². The molecule has 2 saturated heterocycles. The van der Waals surface area contributed by atoms with Gasteiger partial charge in [-0.1, -0.05) is 13.8 Å². The van der Waals surface area contributed by atoms with E-state index >= 15 is 0 Å². The smallest absolute Gasteiger partial charge is 0.318 e. The van der Waals surface area contributed by atoms with E-state index < -0.39 is 46.9 Å². The number of hydrogen-bond donors (Lipinski definition) is 1. The molecule has 0 radical (unpaired) electrons. The summed E-state index contributed by atoms with van der Waals surface area (Å²) in [5.41, 5.74) is -2.07. The van der Waals surface area contributed by atoms with Gasteiger partial charge in [0.1, 0.15) is 23.9 Å².